The predicted octanol–water partition coefficient (Wildman–Crippen LogP) is 0.417. The highest BCUT2D eigenvalue weighted by molar-refractivity contribution is 5.80. The molecule has 1 saturated heterocycles. The third-order valence-electron chi connectivity index (χ3n) is 2.70. The van der Waals surface area contributed by atoms with E-state index in [4.69, 9.17) is 9.47 Å². The first-order valence-electron chi connectivity index (χ1n) is 6.79. The maximum Gasteiger partial charge on any atom is 0.410 e. The quantitative estimate of drug-likeness (QED) is 0.445. The van der Waals surface area contributed by atoms with Crippen molar-refractivity contribution in [1.82, 2.24) is 15.5 Å². The molecule has 1 rings (SSSR count). The Hall–Kier alpha value is -1.50. The third-order valence-corrected chi connectivity index (χ3v) is 2.70. The van der Waals surface area contributed by atoms with Crippen molar-refractivity contribution in [1.29, 1.82) is 0 Å². The molecule has 0 aromatic carbocycles. The number of methoxy groups -OCH3 is 1. The van der Waals surface area contributed by atoms with Crippen LogP contribution in [0.15, 0.2) is 4.99 Å². The molecule has 1 heterocycles. The monoisotopic (exact) mass is 286 g/mol. The number of carbonyl (C=O) groups is 1. The number of amides is 1. The van der Waals surface area contributed by atoms with E-state index in [9.17, 15) is 4.79 Å². The summed E-state index contributed by atoms with van der Waals surface area (Å²) in [5, 5.41) is 6.37. The second-order valence-corrected chi connectivity index (χ2v) is 5.72. The molecule has 7 heteroatoms. The minimum Gasteiger partial charge on any atom is -0.444 e. The molecule has 0 atom stereocenters. The molecule has 20 heavy (non-hydrogen) atoms. The lowest BCUT2D eigenvalue weighted by atomic mass is 10.1. The highest BCUT2D eigenvalue weighted by Gasteiger charge is 2.34. The molecule has 1 amide bonds. The maximum atomic E-state index is 11.8. The molecule has 0 aliphatic carbocycles. The summed E-state index contributed by atoms with van der Waals surface area (Å²) in [5.74, 6) is 0.718. The zero-order chi connectivity index (χ0) is 15.2. The van der Waals surface area contributed by atoms with Gasteiger partial charge in [-0.05, 0) is 20.8 Å². The zero-order valence-electron chi connectivity index (χ0n) is 13.0. The molecule has 1 aliphatic rings. The topological polar surface area (TPSA) is 75.2 Å². The summed E-state index contributed by atoms with van der Waals surface area (Å²) in [6, 6.07) is 0.205. The summed E-state index contributed by atoms with van der Waals surface area (Å²) < 4.78 is 10.3. The van der Waals surface area contributed by atoms with E-state index < -0.39 is 5.60 Å². The van der Waals surface area contributed by atoms with Crippen molar-refractivity contribution in [3.05, 3.63) is 0 Å². The number of ether oxygens (including phenoxy) is 2. The maximum absolute atomic E-state index is 11.8. The summed E-state index contributed by atoms with van der Waals surface area (Å²) in [6.07, 6.45) is -0.266. The summed E-state index contributed by atoms with van der Waals surface area (Å²) in [5.41, 5.74) is -0.451. The Labute approximate surface area is 120 Å². The first-order chi connectivity index (χ1) is 9.35. The van der Waals surface area contributed by atoms with Crippen molar-refractivity contribution >= 4 is 12.1 Å². The molecular weight excluding hydrogens is 260 g/mol. The summed E-state index contributed by atoms with van der Waals surface area (Å²) >= 11 is 0. The average Bonchev–Trinajstić information content (AvgIpc) is 2.28. The number of carbonyl (C=O) groups excluding carboxylic acids is 1. The summed E-state index contributed by atoms with van der Waals surface area (Å²) in [4.78, 5) is 17.6. The number of hydrogen-bond donors (Lipinski definition) is 2. The minimum atomic E-state index is -0.451. The smallest absolute Gasteiger partial charge is 0.410 e. The molecule has 116 valence electrons. The van der Waals surface area contributed by atoms with Gasteiger partial charge in [-0.3, -0.25) is 4.99 Å². The highest BCUT2D eigenvalue weighted by Crippen LogP contribution is 2.14. The van der Waals surface area contributed by atoms with E-state index in [1.54, 1.807) is 19.1 Å². The number of rotatable bonds is 4. The fourth-order valence-corrected chi connectivity index (χ4v) is 1.70. The lowest BCUT2D eigenvalue weighted by molar-refractivity contribution is 0.00701. The third kappa shape index (κ3) is 5.64. The van der Waals surface area contributed by atoms with Gasteiger partial charge in [0.2, 0.25) is 0 Å². The standard InChI is InChI=1S/C13H26N4O3/c1-13(2,3)20-12(18)17-8-10(9-17)16-11(14-4)15-6-7-19-5/h10H,6-9H2,1-5H3,(H2,14,15,16). The Morgan fingerprint density at radius 1 is 1.40 bits per heavy atom. The van der Waals surface area contributed by atoms with Crippen molar-refractivity contribution in [2.45, 2.75) is 32.4 Å². The Morgan fingerprint density at radius 3 is 2.55 bits per heavy atom. The van der Waals surface area contributed by atoms with Gasteiger partial charge < -0.3 is 25.0 Å². The highest BCUT2D eigenvalue weighted by atomic mass is 16.6. The fourth-order valence-electron chi connectivity index (χ4n) is 1.70. The van der Waals surface area contributed by atoms with Crippen molar-refractivity contribution in [3.63, 3.8) is 0 Å². The molecule has 0 aromatic heterocycles. The molecule has 1 fully saturated rings. The molecule has 0 unspecified atom stereocenters. The number of nitrogens with zero attached hydrogens (tertiary/aromatic N) is 2. The molecular formula is C13H26N4O3. The van der Waals surface area contributed by atoms with E-state index in [-0.39, 0.29) is 12.1 Å². The van der Waals surface area contributed by atoms with Gasteiger partial charge in [-0.2, -0.15) is 0 Å². The van der Waals surface area contributed by atoms with E-state index >= 15 is 0 Å². The average molecular weight is 286 g/mol. The van der Waals surface area contributed by atoms with Crippen molar-refractivity contribution in [2.75, 3.05) is 40.4 Å². The van der Waals surface area contributed by atoms with Gasteiger partial charge in [0.15, 0.2) is 5.96 Å². The Balaban J connectivity index is 2.25. The number of hydrogen-bond acceptors (Lipinski definition) is 4. The summed E-state index contributed by atoms with van der Waals surface area (Å²) in [7, 11) is 3.37. The van der Waals surface area contributed by atoms with Crippen LogP contribution in [0.1, 0.15) is 20.8 Å². The van der Waals surface area contributed by atoms with Gasteiger partial charge in [-0.1, -0.05) is 0 Å². The summed E-state index contributed by atoms with van der Waals surface area (Å²) in [6.45, 7) is 8.15. The van der Waals surface area contributed by atoms with Crippen LogP contribution >= 0.6 is 0 Å². The van der Waals surface area contributed by atoms with Gasteiger partial charge in [0, 0.05) is 33.8 Å². The molecule has 0 bridgehead atoms. The van der Waals surface area contributed by atoms with E-state index in [1.807, 2.05) is 20.8 Å². The SMILES string of the molecule is CN=C(NCCOC)NC1CN(C(=O)OC(C)(C)C)C1. The van der Waals surface area contributed by atoms with Crippen LogP contribution in [-0.4, -0.2) is 69.0 Å². The van der Waals surface area contributed by atoms with Crippen LogP contribution in [0, 0.1) is 0 Å². The predicted molar refractivity (Wildman–Crippen MR) is 78.0 cm³/mol. The number of likely N-dealkylation sites (tertiary alicyclic amines) is 1. The Kier molecular flexibility index (Phi) is 6.06. The lowest BCUT2D eigenvalue weighted by Crippen LogP contribution is -2.63. The Bertz CT molecular complexity index is 346. The van der Waals surface area contributed by atoms with E-state index in [1.165, 1.54) is 0 Å². The number of nitrogens with one attached hydrogen (secondary N) is 2. The fraction of sp³-hybridized carbons (Fsp3) is 0.846. The van der Waals surface area contributed by atoms with Crippen molar-refractivity contribution in [3.8, 4) is 0 Å². The van der Waals surface area contributed by atoms with E-state index in [2.05, 4.69) is 15.6 Å². The van der Waals surface area contributed by atoms with Crippen LogP contribution in [0.25, 0.3) is 0 Å². The van der Waals surface area contributed by atoms with Crippen molar-refractivity contribution in [2.24, 2.45) is 4.99 Å². The molecule has 0 saturated carbocycles. The van der Waals surface area contributed by atoms with Crippen LogP contribution in [0.2, 0.25) is 0 Å². The first kappa shape index (κ1) is 16.6. The van der Waals surface area contributed by atoms with Crippen LogP contribution in [-0.2, 0) is 9.47 Å². The van der Waals surface area contributed by atoms with Gasteiger partial charge in [-0.15, -0.1) is 0 Å². The molecule has 0 spiro atoms. The molecule has 0 aromatic rings. The van der Waals surface area contributed by atoms with Crippen LogP contribution in [0.5, 0.6) is 0 Å². The lowest BCUT2D eigenvalue weighted by Gasteiger charge is -2.40. The van der Waals surface area contributed by atoms with Gasteiger partial charge in [0.25, 0.3) is 0 Å². The molecule has 7 nitrogen and oxygen atoms in total. The van der Waals surface area contributed by atoms with Crippen LogP contribution < -0.4 is 10.6 Å². The van der Waals surface area contributed by atoms with Crippen LogP contribution in [0.3, 0.4) is 0 Å². The van der Waals surface area contributed by atoms with Gasteiger partial charge in [-0.25, -0.2) is 4.79 Å². The first-order valence-corrected chi connectivity index (χ1v) is 6.79. The molecule has 2 N–H and O–H groups in total. The second kappa shape index (κ2) is 7.33. The largest absolute Gasteiger partial charge is 0.444 e. The van der Waals surface area contributed by atoms with Crippen LogP contribution in [0.4, 0.5) is 4.79 Å². The van der Waals surface area contributed by atoms with Gasteiger partial charge >= 0.3 is 6.09 Å². The van der Waals surface area contributed by atoms with Crippen molar-refractivity contribution < 1.29 is 14.3 Å². The van der Waals surface area contributed by atoms with E-state index in [0.717, 1.165) is 5.96 Å². The normalized spacial score (nSPS) is 16.6. The van der Waals surface area contributed by atoms with Gasteiger partial charge in [0.05, 0.1) is 12.6 Å². The number of aliphatic imine (C=N–C) groups is 1. The zero-order valence-corrected chi connectivity index (χ0v) is 13.0. The minimum absolute atomic E-state index is 0.205. The van der Waals surface area contributed by atoms with Gasteiger partial charge in [0.1, 0.15) is 5.60 Å². The Morgan fingerprint density at radius 2 is 2.05 bits per heavy atom. The molecule has 0 radical (unpaired) electrons. The molecule has 1 aliphatic heterocycles. The number of guanidine groups is 1. The van der Waals surface area contributed by atoms with E-state index in [0.29, 0.717) is 26.2 Å². The second-order valence-electron chi connectivity index (χ2n) is 5.72.